The maximum atomic E-state index is 13.7. The van der Waals surface area contributed by atoms with E-state index in [1.54, 1.807) is 0 Å². The Morgan fingerprint density at radius 3 is 2.66 bits per heavy atom. The predicted molar refractivity (Wildman–Crippen MR) is 113 cm³/mol. The first-order chi connectivity index (χ1) is 18.1. The Bertz CT molecular complexity index is 1130. The summed E-state index contributed by atoms with van der Waals surface area (Å²) in [6, 6.07) is 0. The van der Waals surface area contributed by atoms with Crippen molar-refractivity contribution in [2.45, 2.75) is 103 Å². The van der Waals surface area contributed by atoms with Crippen molar-refractivity contribution in [3.63, 3.8) is 0 Å². The van der Waals surface area contributed by atoms with Gasteiger partial charge in [-0.25, -0.2) is 0 Å². The first-order valence-corrected chi connectivity index (χ1v) is 11.0. The van der Waals surface area contributed by atoms with Crippen LogP contribution >= 0.6 is 0 Å². The predicted octanol–water partition coefficient (Wildman–Crippen LogP) is 6.01. The molecule has 3 nitrogen and oxygen atoms in total. The zero-order valence-electron chi connectivity index (χ0n) is 28.3. The molecule has 0 aromatic heterocycles. The van der Waals surface area contributed by atoms with Crippen LogP contribution in [0.2, 0.25) is 0 Å². The topological polar surface area (TPSA) is 43.4 Å². The third-order valence-electron chi connectivity index (χ3n) is 8.83. The second-order valence-corrected chi connectivity index (χ2v) is 9.98. The Balaban J connectivity index is 1.45. The number of hydrogen-bond acceptors (Lipinski definition) is 3. The van der Waals surface area contributed by atoms with E-state index in [4.69, 9.17) is 19.8 Å². The average molecular weight is 410 g/mol. The third kappa shape index (κ3) is 3.13. The van der Waals surface area contributed by atoms with Crippen molar-refractivity contribution in [3.05, 3.63) is 11.6 Å². The zero-order valence-corrected chi connectivity index (χ0v) is 17.3. The van der Waals surface area contributed by atoms with E-state index in [9.17, 15) is 9.59 Å². The van der Waals surface area contributed by atoms with Gasteiger partial charge in [0.05, 0.1) is 5.89 Å². The fourth-order valence-electron chi connectivity index (χ4n) is 7.25. The second kappa shape index (κ2) is 7.24. The lowest BCUT2D eigenvalue weighted by atomic mass is 9.47. The van der Waals surface area contributed by atoms with Gasteiger partial charge in [0.1, 0.15) is 6.10 Å². The van der Waals surface area contributed by atoms with Gasteiger partial charge in [0, 0.05) is 26.9 Å². The quantitative estimate of drug-likeness (QED) is 0.525. The molecule has 0 spiro atoms. The molecule has 0 aromatic carbocycles. The molecule has 29 heavy (non-hydrogen) atoms. The molecule has 5 aliphatic carbocycles. The Morgan fingerprint density at radius 2 is 1.86 bits per heavy atom. The number of allylic oxidation sites excluding steroid dienone is 1. The number of carbonyl (C=O) groups is 2. The Morgan fingerprint density at radius 1 is 1.07 bits per heavy atom. The molecule has 0 aromatic rings. The highest BCUT2D eigenvalue weighted by molar-refractivity contribution is 5.91. The standard InChI is InChI=1S/C26H38O3/c1-25-14-12-19(27)16-18(25)8-9-20-21-10-11-23(26(21,2)15-13-22(20)25)29-24(28)17-6-4-3-5-7-17/h16-17,20-23H,3-15H2,1-2H3/t20?,21?,22?,23-,25-,26-/m0/s1/i3D2,4D2,5D2,6D2,7D2,17D. The molecule has 6 atom stereocenters. The van der Waals surface area contributed by atoms with Crippen LogP contribution in [-0.2, 0) is 14.3 Å². The first-order valence-electron chi connectivity index (χ1n) is 16.5. The van der Waals surface area contributed by atoms with Crippen molar-refractivity contribution in [2.75, 3.05) is 0 Å². The molecule has 0 bridgehead atoms. The van der Waals surface area contributed by atoms with Crippen molar-refractivity contribution in [1.29, 1.82) is 0 Å². The smallest absolute Gasteiger partial charge is 0.309 e. The van der Waals surface area contributed by atoms with Gasteiger partial charge in [-0.3, -0.25) is 9.59 Å². The van der Waals surface area contributed by atoms with E-state index in [2.05, 4.69) is 6.92 Å². The maximum absolute atomic E-state index is 13.7. The number of ether oxygens (including phenoxy) is 1. The van der Waals surface area contributed by atoms with Crippen LogP contribution in [0.4, 0.5) is 0 Å². The van der Waals surface area contributed by atoms with Crippen molar-refractivity contribution in [1.82, 2.24) is 0 Å². The molecule has 4 saturated carbocycles. The van der Waals surface area contributed by atoms with Crippen LogP contribution in [-0.4, -0.2) is 17.9 Å². The van der Waals surface area contributed by atoms with Crippen LogP contribution in [0, 0.1) is 34.5 Å². The molecule has 0 radical (unpaired) electrons. The third-order valence-corrected chi connectivity index (χ3v) is 8.83. The molecular formula is C26H38O3. The van der Waals surface area contributed by atoms with E-state index in [1.165, 1.54) is 5.57 Å². The average Bonchev–Trinajstić information content (AvgIpc) is 3.18. The molecule has 3 unspecified atom stereocenters. The Labute approximate surface area is 191 Å². The minimum absolute atomic E-state index is 0.0669. The number of rotatable bonds is 2. The van der Waals surface area contributed by atoms with Gasteiger partial charge in [-0.15, -0.1) is 0 Å². The Hall–Kier alpha value is -1.12. The van der Waals surface area contributed by atoms with E-state index in [0.717, 1.165) is 25.7 Å². The summed E-state index contributed by atoms with van der Waals surface area (Å²) in [5.41, 5.74) is 0.606. The van der Waals surface area contributed by atoms with Crippen LogP contribution in [0.1, 0.15) is 112 Å². The van der Waals surface area contributed by atoms with Gasteiger partial charge in [-0.05, 0) is 86.9 Å². The molecule has 0 saturated heterocycles. The lowest BCUT2D eigenvalue weighted by Crippen LogP contribution is -2.51. The van der Waals surface area contributed by atoms with Crippen molar-refractivity contribution < 1.29 is 29.4 Å². The molecular weight excluding hydrogens is 360 g/mol. The summed E-state index contributed by atoms with van der Waals surface area (Å²) in [6.07, 6.45) is -12.0. The number of carbonyl (C=O) groups excluding carboxylic acids is 2. The second-order valence-electron chi connectivity index (χ2n) is 9.98. The minimum atomic E-state index is -3.76. The lowest BCUT2D eigenvalue weighted by molar-refractivity contribution is -0.165. The normalized spacial score (nSPS) is 60.4. The number of hydrogen-bond donors (Lipinski definition) is 0. The lowest BCUT2D eigenvalue weighted by Gasteiger charge is -2.57. The number of ketones is 1. The van der Waals surface area contributed by atoms with E-state index in [1.807, 2.05) is 13.0 Å². The monoisotopic (exact) mass is 409 g/mol. The summed E-state index contributed by atoms with van der Waals surface area (Å²) in [5.74, 6) is -4.42. The van der Waals surface area contributed by atoms with Crippen LogP contribution in [0.5, 0.6) is 0 Å². The highest BCUT2D eigenvalue weighted by atomic mass is 16.5. The molecule has 0 amide bonds. The molecule has 160 valence electrons. The van der Waals surface area contributed by atoms with Gasteiger partial charge in [0.2, 0.25) is 0 Å². The van der Waals surface area contributed by atoms with Gasteiger partial charge in [0.15, 0.2) is 5.78 Å². The molecule has 4 fully saturated rings. The fraction of sp³-hybridized carbons (Fsp3) is 0.846. The van der Waals surface area contributed by atoms with Gasteiger partial charge in [0.25, 0.3) is 0 Å². The summed E-state index contributed by atoms with van der Waals surface area (Å²) < 4.78 is 96.6. The summed E-state index contributed by atoms with van der Waals surface area (Å²) in [6.45, 7) is 4.24. The summed E-state index contributed by atoms with van der Waals surface area (Å²) in [4.78, 5) is 25.8. The molecule has 5 rings (SSSR count). The van der Waals surface area contributed by atoms with Crippen molar-refractivity contribution in [3.8, 4) is 0 Å². The molecule has 0 N–H and O–H groups in total. The summed E-state index contributed by atoms with van der Waals surface area (Å²) in [5, 5.41) is 0. The molecule has 3 heteroatoms. The minimum Gasteiger partial charge on any atom is -0.462 e. The number of fused-ring (bicyclic) bond motifs is 5. The van der Waals surface area contributed by atoms with E-state index >= 15 is 0 Å². The van der Waals surface area contributed by atoms with Crippen LogP contribution in [0.3, 0.4) is 0 Å². The highest BCUT2D eigenvalue weighted by Gasteiger charge is 2.60. The van der Waals surface area contributed by atoms with Crippen molar-refractivity contribution in [2.24, 2.45) is 34.5 Å². The van der Waals surface area contributed by atoms with E-state index in [0.29, 0.717) is 37.5 Å². The van der Waals surface area contributed by atoms with Crippen LogP contribution in [0.25, 0.3) is 0 Å². The van der Waals surface area contributed by atoms with Crippen molar-refractivity contribution >= 4 is 11.8 Å². The van der Waals surface area contributed by atoms with E-state index < -0.39 is 55.2 Å². The SMILES string of the molecule is [2H]C1([2H])C([2H])([2H])C([2H])([2H])C([2H])(C(=O)O[C@H]2CCC3C4CCC5=CC(=O)CC[C@]5(C)C4CC[C@@]32C)C([2H])([2H])C1([2H])[2H]. The summed E-state index contributed by atoms with van der Waals surface area (Å²) in [7, 11) is 0. The van der Waals surface area contributed by atoms with Gasteiger partial charge < -0.3 is 4.74 Å². The van der Waals surface area contributed by atoms with Crippen LogP contribution < -0.4 is 0 Å². The fourth-order valence-corrected chi connectivity index (χ4v) is 7.25. The molecule has 0 heterocycles. The molecule has 0 aliphatic heterocycles. The highest BCUT2D eigenvalue weighted by Crippen LogP contribution is 2.65. The first kappa shape index (κ1) is 11.0. The maximum Gasteiger partial charge on any atom is 0.309 e. The van der Waals surface area contributed by atoms with Gasteiger partial charge in [-0.1, -0.05) is 38.5 Å². The van der Waals surface area contributed by atoms with Gasteiger partial charge >= 0.3 is 5.97 Å². The van der Waals surface area contributed by atoms with E-state index in [-0.39, 0.29) is 17.1 Å². The number of esters is 1. The molecule has 5 aliphatic rings. The zero-order chi connectivity index (χ0) is 30.1. The van der Waals surface area contributed by atoms with Crippen LogP contribution in [0.15, 0.2) is 11.6 Å². The summed E-state index contributed by atoms with van der Waals surface area (Å²) >= 11 is 0. The van der Waals surface area contributed by atoms with Gasteiger partial charge in [-0.2, -0.15) is 0 Å². The Kier molecular flexibility index (Phi) is 2.73. The largest absolute Gasteiger partial charge is 0.462 e.